The summed E-state index contributed by atoms with van der Waals surface area (Å²) in [5.74, 6) is -1.80. The van der Waals surface area contributed by atoms with Crippen LogP contribution in [-0.2, 0) is 19.1 Å². The average molecular weight is 168 g/mol. The molecule has 64 valence electrons. The van der Waals surface area contributed by atoms with Gasteiger partial charge in [0.1, 0.15) is 0 Å². The van der Waals surface area contributed by atoms with E-state index in [-0.39, 0.29) is 17.8 Å². The molecule has 1 saturated carbocycles. The van der Waals surface area contributed by atoms with Crippen LogP contribution in [0.15, 0.2) is 12.2 Å². The molecule has 0 aromatic carbocycles. The first-order valence-electron chi connectivity index (χ1n) is 3.55. The van der Waals surface area contributed by atoms with Gasteiger partial charge in [-0.3, -0.25) is 4.79 Å². The largest absolute Gasteiger partial charge is 0.384 e. The van der Waals surface area contributed by atoms with E-state index >= 15 is 0 Å². The van der Waals surface area contributed by atoms with Crippen molar-refractivity contribution in [3.05, 3.63) is 12.2 Å². The van der Waals surface area contributed by atoms with Gasteiger partial charge in [0.2, 0.25) is 6.29 Å². The molecule has 1 aliphatic carbocycles. The van der Waals surface area contributed by atoms with Gasteiger partial charge < -0.3 is 4.74 Å². The molecular weight excluding hydrogens is 160 g/mol. The Bertz CT molecular complexity index is 250. The van der Waals surface area contributed by atoms with Crippen molar-refractivity contribution in [2.45, 2.75) is 12.8 Å². The molecule has 0 aliphatic heterocycles. The van der Waals surface area contributed by atoms with Crippen LogP contribution in [-0.4, -0.2) is 18.2 Å². The van der Waals surface area contributed by atoms with Crippen LogP contribution in [0, 0.1) is 5.92 Å². The Kier molecular flexibility index (Phi) is 2.38. The van der Waals surface area contributed by atoms with Gasteiger partial charge in [0.15, 0.2) is 0 Å². The molecule has 0 unspecified atom stereocenters. The van der Waals surface area contributed by atoms with Crippen LogP contribution in [0.1, 0.15) is 12.8 Å². The maximum atomic E-state index is 10.9. The summed E-state index contributed by atoms with van der Waals surface area (Å²) in [5, 5.41) is 0. The third kappa shape index (κ3) is 2.02. The topological polar surface area (TPSA) is 60.4 Å². The van der Waals surface area contributed by atoms with E-state index in [1.165, 1.54) is 0 Å². The fraction of sp³-hybridized carbons (Fsp3) is 0.375. The lowest BCUT2D eigenvalue weighted by Crippen LogP contribution is -2.15. The molecule has 4 nitrogen and oxygen atoms in total. The zero-order valence-corrected chi connectivity index (χ0v) is 6.41. The Hall–Kier alpha value is -1.45. The highest BCUT2D eigenvalue weighted by atomic mass is 16.6. The molecule has 12 heavy (non-hydrogen) atoms. The third-order valence-corrected chi connectivity index (χ3v) is 1.62. The first-order chi connectivity index (χ1) is 5.65. The van der Waals surface area contributed by atoms with Crippen molar-refractivity contribution >= 4 is 18.2 Å². The Labute approximate surface area is 69.2 Å². The molecule has 1 fully saturated rings. The lowest BCUT2D eigenvalue weighted by Gasteiger charge is -1.99. The fourth-order valence-corrected chi connectivity index (χ4v) is 0.779. The summed E-state index contributed by atoms with van der Waals surface area (Å²) < 4.78 is 4.12. The quantitative estimate of drug-likeness (QED) is 0.199. The Morgan fingerprint density at radius 2 is 2.00 bits per heavy atom. The molecule has 0 radical (unpaired) electrons. The van der Waals surface area contributed by atoms with Crippen molar-refractivity contribution in [3.8, 4) is 0 Å². The van der Waals surface area contributed by atoms with Gasteiger partial charge in [-0.15, -0.1) is 0 Å². The maximum Gasteiger partial charge on any atom is 0.379 e. The van der Waals surface area contributed by atoms with Gasteiger partial charge in [-0.1, -0.05) is 6.58 Å². The van der Waals surface area contributed by atoms with Crippen LogP contribution in [0.25, 0.3) is 0 Å². The van der Waals surface area contributed by atoms with Crippen LogP contribution >= 0.6 is 0 Å². The van der Waals surface area contributed by atoms with Gasteiger partial charge in [-0.05, 0) is 18.8 Å². The minimum Gasteiger partial charge on any atom is -0.384 e. The summed E-state index contributed by atoms with van der Waals surface area (Å²) in [4.78, 5) is 31.0. The van der Waals surface area contributed by atoms with Gasteiger partial charge in [0, 0.05) is 5.57 Å². The molecule has 4 heteroatoms. The normalized spacial score (nSPS) is 15.0. The van der Waals surface area contributed by atoms with E-state index in [9.17, 15) is 14.4 Å². The molecule has 0 saturated heterocycles. The Balaban J connectivity index is 2.41. The predicted octanol–water partition coefficient (Wildman–Crippen LogP) is 0.221. The zero-order chi connectivity index (χ0) is 9.14. The molecule has 1 rings (SSSR count). The SMILES string of the molecule is C=C(C(=O)OC(=O)C=O)C1CC1. The Morgan fingerprint density at radius 1 is 1.42 bits per heavy atom. The lowest BCUT2D eigenvalue weighted by molar-refractivity contribution is -0.159. The maximum absolute atomic E-state index is 10.9. The average Bonchev–Trinajstić information content (AvgIpc) is 2.85. The summed E-state index contributed by atoms with van der Waals surface area (Å²) in [5.41, 5.74) is 0.283. The second-order valence-electron chi connectivity index (χ2n) is 2.63. The first kappa shape index (κ1) is 8.64. The number of carbonyl (C=O) groups is 3. The summed E-state index contributed by atoms with van der Waals surface area (Å²) in [7, 11) is 0. The van der Waals surface area contributed by atoms with Gasteiger partial charge >= 0.3 is 11.9 Å². The minimum atomic E-state index is -1.16. The third-order valence-electron chi connectivity index (χ3n) is 1.62. The van der Waals surface area contributed by atoms with Gasteiger partial charge in [0.05, 0.1) is 0 Å². The fourth-order valence-electron chi connectivity index (χ4n) is 0.779. The van der Waals surface area contributed by atoms with Gasteiger partial charge in [0.25, 0.3) is 0 Å². The molecule has 0 N–H and O–H groups in total. The monoisotopic (exact) mass is 168 g/mol. The van der Waals surface area contributed by atoms with Crippen molar-refractivity contribution < 1.29 is 19.1 Å². The zero-order valence-electron chi connectivity index (χ0n) is 6.41. The van der Waals surface area contributed by atoms with E-state index in [1.807, 2.05) is 0 Å². The second kappa shape index (κ2) is 3.30. The van der Waals surface area contributed by atoms with E-state index < -0.39 is 11.9 Å². The molecule has 0 aromatic rings. The number of carbonyl (C=O) groups excluding carboxylic acids is 3. The smallest absolute Gasteiger partial charge is 0.379 e. The summed E-state index contributed by atoms with van der Waals surface area (Å²) in [6.45, 7) is 3.46. The van der Waals surface area contributed by atoms with Crippen LogP contribution in [0.2, 0.25) is 0 Å². The van der Waals surface area contributed by atoms with Gasteiger partial charge in [-0.25, -0.2) is 9.59 Å². The molecule has 0 spiro atoms. The lowest BCUT2D eigenvalue weighted by atomic mass is 10.2. The number of rotatable bonds is 3. The second-order valence-corrected chi connectivity index (χ2v) is 2.63. The van der Waals surface area contributed by atoms with Gasteiger partial charge in [-0.2, -0.15) is 0 Å². The van der Waals surface area contributed by atoms with Crippen molar-refractivity contribution in [1.82, 2.24) is 0 Å². The van der Waals surface area contributed by atoms with Crippen LogP contribution in [0.3, 0.4) is 0 Å². The van der Waals surface area contributed by atoms with Crippen molar-refractivity contribution in [3.63, 3.8) is 0 Å². The van der Waals surface area contributed by atoms with Crippen LogP contribution < -0.4 is 0 Å². The highest BCUT2D eigenvalue weighted by Gasteiger charge is 2.30. The Morgan fingerprint density at radius 3 is 2.42 bits per heavy atom. The summed E-state index contributed by atoms with van der Waals surface area (Å²) in [6, 6.07) is 0. The van der Waals surface area contributed by atoms with E-state index in [0.29, 0.717) is 0 Å². The number of hydrogen-bond acceptors (Lipinski definition) is 4. The number of aldehydes is 1. The van der Waals surface area contributed by atoms with Crippen molar-refractivity contribution in [2.75, 3.05) is 0 Å². The predicted molar refractivity (Wildman–Crippen MR) is 39.0 cm³/mol. The summed E-state index contributed by atoms with van der Waals surface area (Å²) >= 11 is 0. The molecule has 0 amide bonds. The number of esters is 2. The van der Waals surface area contributed by atoms with E-state index in [2.05, 4.69) is 11.3 Å². The molecular formula is C8H8O4. The highest BCUT2D eigenvalue weighted by molar-refractivity contribution is 6.23. The van der Waals surface area contributed by atoms with E-state index in [0.717, 1.165) is 12.8 Å². The molecule has 0 heterocycles. The van der Waals surface area contributed by atoms with Crippen molar-refractivity contribution in [1.29, 1.82) is 0 Å². The van der Waals surface area contributed by atoms with Crippen molar-refractivity contribution in [2.24, 2.45) is 5.92 Å². The molecule has 0 aromatic heterocycles. The highest BCUT2D eigenvalue weighted by Crippen LogP contribution is 2.35. The molecule has 1 aliphatic rings. The summed E-state index contributed by atoms with van der Waals surface area (Å²) in [6.07, 6.45) is 1.77. The molecule has 0 atom stereocenters. The first-order valence-corrected chi connectivity index (χ1v) is 3.55. The van der Waals surface area contributed by atoms with Crippen LogP contribution in [0.4, 0.5) is 0 Å². The van der Waals surface area contributed by atoms with E-state index in [4.69, 9.17) is 0 Å². The standard InChI is InChI=1S/C8H8O4/c1-5(6-2-3-6)8(11)12-7(10)4-9/h4,6H,1-3H2. The number of hydrogen-bond donors (Lipinski definition) is 0. The van der Waals surface area contributed by atoms with Crippen LogP contribution in [0.5, 0.6) is 0 Å². The molecule has 0 bridgehead atoms. The number of ether oxygens (including phenoxy) is 1. The van der Waals surface area contributed by atoms with E-state index in [1.54, 1.807) is 0 Å². The minimum absolute atomic E-state index is 0.0436.